The first kappa shape index (κ1) is 19.2. The molecule has 0 aliphatic heterocycles. The van der Waals surface area contributed by atoms with Crippen molar-refractivity contribution in [3.05, 3.63) is 84.2 Å². The molecule has 2 aromatic carbocycles. The highest BCUT2D eigenvalue weighted by Crippen LogP contribution is 2.38. The van der Waals surface area contributed by atoms with E-state index in [-0.39, 0.29) is 5.25 Å². The Bertz CT molecular complexity index is 1090. The lowest BCUT2D eigenvalue weighted by Gasteiger charge is -2.15. The molecule has 1 atom stereocenters. The molecule has 146 valence electrons. The van der Waals surface area contributed by atoms with E-state index in [1.807, 2.05) is 36.5 Å². The summed E-state index contributed by atoms with van der Waals surface area (Å²) in [4.78, 5) is 4.24. The van der Waals surface area contributed by atoms with Crippen LogP contribution in [0, 0.1) is 6.92 Å². The van der Waals surface area contributed by atoms with Gasteiger partial charge in [0.25, 0.3) is 0 Å². The number of aryl methyl sites for hydroxylation is 1. The molecule has 2 heterocycles. The van der Waals surface area contributed by atoms with Crippen molar-refractivity contribution in [1.82, 2.24) is 19.7 Å². The molecule has 0 aliphatic carbocycles. The van der Waals surface area contributed by atoms with Gasteiger partial charge in [0.05, 0.1) is 12.7 Å². The molecule has 2 aromatic heterocycles. The van der Waals surface area contributed by atoms with Gasteiger partial charge in [0, 0.05) is 23.3 Å². The number of rotatable bonds is 6. The second kappa shape index (κ2) is 8.49. The predicted octanol–water partition coefficient (Wildman–Crippen LogP) is 5.50. The standard InChI is InChI=1S/C23H22N4OS/c1-16-10-12-19(13-11-16)27-22(20-8-4-5-9-21(20)28-3)25-26-23(27)29-17(2)18-7-6-14-24-15-18/h4-15,17H,1-3H3. The second-order valence-corrected chi connectivity index (χ2v) is 8.03. The van der Waals surface area contributed by atoms with Crippen LogP contribution in [0.4, 0.5) is 0 Å². The van der Waals surface area contributed by atoms with Crippen LogP contribution in [0.5, 0.6) is 5.75 Å². The van der Waals surface area contributed by atoms with E-state index < -0.39 is 0 Å². The molecular formula is C23H22N4OS. The molecule has 0 saturated carbocycles. The Labute approximate surface area is 174 Å². The number of hydrogen-bond acceptors (Lipinski definition) is 5. The summed E-state index contributed by atoms with van der Waals surface area (Å²) in [5.41, 5.74) is 4.28. The number of hydrogen-bond donors (Lipinski definition) is 0. The molecule has 0 N–H and O–H groups in total. The first-order valence-corrected chi connectivity index (χ1v) is 10.3. The summed E-state index contributed by atoms with van der Waals surface area (Å²) >= 11 is 1.66. The van der Waals surface area contributed by atoms with E-state index in [2.05, 4.69) is 63.9 Å². The highest BCUT2D eigenvalue weighted by molar-refractivity contribution is 7.99. The Kier molecular flexibility index (Phi) is 5.62. The summed E-state index contributed by atoms with van der Waals surface area (Å²) in [6, 6.07) is 20.3. The van der Waals surface area contributed by atoms with Gasteiger partial charge in [-0.15, -0.1) is 10.2 Å². The SMILES string of the molecule is COc1ccccc1-c1nnc(SC(C)c2cccnc2)n1-c1ccc(C)cc1. The van der Waals surface area contributed by atoms with Crippen LogP contribution in [0.2, 0.25) is 0 Å². The number of aromatic nitrogens is 4. The van der Waals surface area contributed by atoms with Gasteiger partial charge in [0.15, 0.2) is 11.0 Å². The summed E-state index contributed by atoms with van der Waals surface area (Å²) < 4.78 is 7.67. The average Bonchev–Trinajstić information content (AvgIpc) is 3.18. The maximum atomic E-state index is 5.57. The highest BCUT2D eigenvalue weighted by atomic mass is 32.2. The van der Waals surface area contributed by atoms with Gasteiger partial charge >= 0.3 is 0 Å². The Morgan fingerprint density at radius 2 is 1.76 bits per heavy atom. The first-order chi connectivity index (χ1) is 14.2. The minimum absolute atomic E-state index is 0.183. The molecule has 5 nitrogen and oxygen atoms in total. The van der Waals surface area contributed by atoms with Crippen molar-refractivity contribution < 1.29 is 4.74 Å². The summed E-state index contributed by atoms with van der Waals surface area (Å²) in [7, 11) is 1.67. The number of benzene rings is 2. The van der Waals surface area contributed by atoms with Crippen molar-refractivity contribution in [1.29, 1.82) is 0 Å². The van der Waals surface area contributed by atoms with E-state index in [4.69, 9.17) is 4.74 Å². The maximum absolute atomic E-state index is 5.57. The predicted molar refractivity (Wildman–Crippen MR) is 117 cm³/mol. The zero-order chi connectivity index (χ0) is 20.2. The molecule has 0 amide bonds. The molecule has 0 aliphatic rings. The third-order valence-electron chi connectivity index (χ3n) is 4.71. The van der Waals surface area contributed by atoms with E-state index in [1.54, 1.807) is 25.1 Å². The fourth-order valence-corrected chi connectivity index (χ4v) is 4.10. The van der Waals surface area contributed by atoms with Crippen LogP contribution in [-0.4, -0.2) is 26.9 Å². The van der Waals surface area contributed by atoms with Crippen molar-refractivity contribution in [2.75, 3.05) is 7.11 Å². The molecule has 4 aromatic rings. The van der Waals surface area contributed by atoms with Gasteiger partial charge in [-0.3, -0.25) is 9.55 Å². The lowest BCUT2D eigenvalue weighted by molar-refractivity contribution is 0.416. The Balaban J connectivity index is 1.82. The molecule has 0 spiro atoms. The van der Waals surface area contributed by atoms with Crippen molar-refractivity contribution >= 4 is 11.8 Å². The summed E-state index contributed by atoms with van der Waals surface area (Å²) in [5.74, 6) is 1.53. The fraction of sp³-hybridized carbons (Fsp3) is 0.174. The van der Waals surface area contributed by atoms with Gasteiger partial charge in [0.1, 0.15) is 5.75 Å². The molecule has 6 heteroatoms. The molecule has 4 rings (SSSR count). The quantitative estimate of drug-likeness (QED) is 0.399. The first-order valence-electron chi connectivity index (χ1n) is 9.40. The smallest absolute Gasteiger partial charge is 0.196 e. The van der Waals surface area contributed by atoms with Crippen LogP contribution < -0.4 is 4.74 Å². The number of thioether (sulfide) groups is 1. The summed E-state index contributed by atoms with van der Waals surface area (Å²) in [6.07, 6.45) is 3.68. The van der Waals surface area contributed by atoms with Crippen LogP contribution in [-0.2, 0) is 0 Å². The van der Waals surface area contributed by atoms with Crippen LogP contribution in [0.3, 0.4) is 0 Å². The number of methoxy groups -OCH3 is 1. The zero-order valence-electron chi connectivity index (χ0n) is 16.6. The van der Waals surface area contributed by atoms with Crippen molar-refractivity contribution in [2.24, 2.45) is 0 Å². The topological polar surface area (TPSA) is 52.8 Å². The van der Waals surface area contributed by atoms with Crippen LogP contribution in [0.15, 0.2) is 78.2 Å². The normalized spacial score (nSPS) is 12.0. The van der Waals surface area contributed by atoms with E-state index in [1.165, 1.54) is 5.56 Å². The summed E-state index contributed by atoms with van der Waals surface area (Å²) in [6.45, 7) is 4.23. The van der Waals surface area contributed by atoms with Gasteiger partial charge in [-0.05, 0) is 49.7 Å². The molecule has 0 radical (unpaired) electrons. The zero-order valence-corrected chi connectivity index (χ0v) is 17.4. The van der Waals surface area contributed by atoms with Crippen LogP contribution >= 0.6 is 11.8 Å². The fourth-order valence-electron chi connectivity index (χ4n) is 3.12. The molecule has 1 unspecified atom stereocenters. The lowest BCUT2D eigenvalue weighted by Crippen LogP contribution is -2.02. The van der Waals surface area contributed by atoms with Gasteiger partial charge in [-0.25, -0.2) is 0 Å². The highest BCUT2D eigenvalue weighted by Gasteiger charge is 2.21. The minimum Gasteiger partial charge on any atom is -0.496 e. The van der Waals surface area contributed by atoms with Crippen molar-refractivity contribution in [3.63, 3.8) is 0 Å². The van der Waals surface area contributed by atoms with Gasteiger partial charge in [0.2, 0.25) is 0 Å². The van der Waals surface area contributed by atoms with Crippen molar-refractivity contribution in [3.8, 4) is 22.8 Å². The summed E-state index contributed by atoms with van der Waals surface area (Å²) in [5, 5.41) is 10.1. The monoisotopic (exact) mass is 402 g/mol. The lowest BCUT2D eigenvalue weighted by atomic mass is 10.1. The van der Waals surface area contributed by atoms with E-state index in [0.29, 0.717) is 0 Å². The van der Waals surface area contributed by atoms with E-state index in [0.717, 1.165) is 33.5 Å². The Morgan fingerprint density at radius 1 is 0.966 bits per heavy atom. The second-order valence-electron chi connectivity index (χ2n) is 6.72. The average molecular weight is 403 g/mol. The number of ether oxygens (including phenoxy) is 1. The Morgan fingerprint density at radius 3 is 2.48 bits per heavy atom. The van der Waals surface area contributed by atoms with E-state index >= 15 is 0 Å². The van der Waals surface area contributed by atoms with Gasteiger partial charge in [-0.1, -0.05) is 47.7 Å². The number of nitrogens with zero attached hydrogens (tertiary/aromatic N) is 4. The maximum Gasteiger partial charge on any atom is 0.196 e. The largest absolute Gasteiger partial charge is 0.496 e. The molecular weight excluding hydrogens is 380 g/mol. The van der Waals surface area contributed by atoms with Crippen molar-refractivity contribution in [2.45, 2.75) is 24.3 Å². The Hall–Kier alpha value is -3.12. The number of pyridine rings is 1. The molecule has 0 saturated heterocycles. The third kappa shape index (κ3) is 4.03. The molecule has 29 heavy (non-hydrogen) atoms. The number of para-hydroxylation sites is 1. The van der Waals surface area contributed by atoms with Gasteiger partial charge in [-0.2, -0.15) is 0 Å². The van der Waals surface area contributed by atoms with Crippen LogP contribution in [0.25, 0.3) is 17.1 Å². The third-order valence-corrected chi connectivity index (χ3v) is 5.81. The minimum atomic E-state index is 0.183. The molecule has 0 fully saturated rings. The van der Waals surface area contributed by atoms with Crippen LogP contribution in [0.1, 0.15) is 23.3 Å². The van der Waals surface area contributed by atoms with Gasteiger partial charge < -0.3 is 4.74 Å². The van der Waals surface area contributed by atoms with E-state index in [9.17, 15) is 0 Å². The molecule has 0 bridgehead atoms.